The minimum absolute atomic E-state index is 0.0115. The summed E-state index contributed by atoms with van der Waals surface area (Å²) in [5.74, 6) is -1.31. The van der Waals surface area contributed by atoms with E-state index in [2.05, 4.69) is 16.0 Å². The van der Waals surface area contributed by atoms with Gasteiger partial charge in [0.1, 0.15) is 17.7 Å². The maximum Gasteiger partial charge on any atom is 0.330 e. The average molecular weight is 531 g/mol. The van der Waals surface area contributed by atoms with Crippen molar-refractivity contribution in [2.45, 2.75) is 25.4 Å². The molecular weight excluding hydrogens is 506 g/mol. The summed E-state index contributed by atoms with van der Waals surface area (Å²) < 4.78 is 39.8. The van der Waals surface area contributed by atoms with Gasteiger partial charge in [-0.05, 0) is 57.4 Å². The van der Waals surface area contributed by atoms with Crippen LogP contribution in [0.4, 0.5) is 8.78 Å². The molecule has 1 atom stereocenters. The Labute approximate surface area is 221 Å². The molecule has 0 aliphatic carbocycles. The Morgan fingerprint density at radius 2 is 1.97 bits per heavy atom. The Hall–Kier alpha value is -4.63. The van der Waals surface area contributed by atoms with Crippen LogP contribution < -0.4 is 10.4 Å². The molecule has 6 rings (SSSR count). The number of nitrogens with zero attached hydrogens (tertiary/aromatic N) is 8. The van der Waals surface area contributed by atoms with Gasteiger partial charge in [-0.25, -0.2) is 23.5 Å². The van der Waals surface area contributed by atoms with Crippen LogP contribution in [0.5, 0.6) is 5.75 Å². The van der Waals surface area contributed by atoms with E-state index in [0.717, 1.165) is 18.7 Å². The van der Waals surface area contributed by atoms with Crippen molar-refractivity contribution in [3.8, 4) is 17.8 Å². The number of aryl methyl sites for hydroxylation is 1. The molecule has 0 spiro atoms. The highest BCUT2D eigenvalue weighted by Crippen LogP contribution is 2.39. The van der Waals surface area contributed by atoms with Gasteiger partial charge in [-0.2, -0.15) is 10.2 Å². The molecule has 1 aliphatic heterocycles. The van der Waals surface area contributed by atoms with Gasteiger partial charge in [-0.15, -0.1) is 0 Å². The van der Waals surface area contributed by atoms with Crippen LogP contribution in [0, 0.1) is 23.0 Å². The summed E-state index contributed by atoms with van der Waals surface area (Å²) in [6, 6.07) is 8.43. The second kappa shape index (κ2) is 9.59. The summed E-state index contributed by atoms with van der Waals surface area (Å²) in [4.78, 5) is 29.6. The number of ether oxygens (including phenoxy) is 1. The Morgan fingerprint density at radius 1 is 1.15 bits per heavy atom. The van der Waals surface area contributed by atoms with Gasteiger partial charge < -0.3 is 9.64 Å². The minimum atomic E-state index is -0.831. The van der Waals surface area contributed by atoms with Gasteiger partial charge in [0, 0.05) is 13.0 Å². The van der Waals surface area contributed by atoms with Crippen LogP contribution in [-0.2, 0) is 6.54 Å². The second-order valence-electron chi connectivity index (χ2n) is 9.69. The highest BCUT2D eigenvalue weighted by atomic mass is 19.1. The third-order valence-corrected chi connectivity index (χ3v) is 6.95. The van der Waals surface area contributed by atoms with E-state index in [9.17, 15) is 14.4 Å². The summed E-state index contributed by atoms with van der Waals surface area (Å²) in [5.41, 5.74) is 2.08. The summed E-state index contributed by atoms with van der Waals surface area (Å²) >= 11 is 0. The molecule has 12 heteroatoms. The highest BCUT2D eigenvalue weighted by molar-refractivity contribution is 5.79. The fourth-order valence-electron chi connectivity index (χ4n) is 5.12. The molecule has 0 amide bonds. The van der Waals surface area contributed by atoms with Crippen molar-refractivity contribution >= 4 is 22.2 Å². The zero-order chi connectivity index (χ0) is 27.3. The first-order valence-corrected chi connectivity index (χ1v) is 12.5. The molecule has 0 bridgehead atoms. The molecule has 10 nitrogen and oxygen atoms in total. The largest absolute Gasteiger partial charge is 0.490 e. The van der Waals surface area contributed by atoms with Crippen LogP contribution >= 0.6 is 0 Å². The molecule has 5 aromatic rings. The zero-order valence-corrected chi connectivity index (χ0v) is 21.3. The lowest BCUT2D eigenvalue weighted by Crippen LogP contribution is -2.32. The predicted octanol–water partition coefficient (Wildman–Crippen LogP) is 3.41. The van der Waals surface area contributed by atoms with Crippen LogP contribution in [0.15, 0.2) is 47.7 Å². The third kappa shape index (κ3) is 4.11. The monoisotopic (exact) mass is 530 g/mol. The van der Waals surface area contributed by atoms with Crippen LogP contribution in [0.25, 0.3) is 28.1 Å². The molecule has 0 N–H and O–H groups in total. The van der Waals surface area contributed by atoms with E-state index in [1.54, 1.807) is 39.9 Å². The van der Waals surface area contributed by atoms with Crippen molar-refractivity contribution in [2.75, 3.05) is 27.2 Å². The first kappa shape index (κ1) is 24.7. The predicted molar refractivity (Wildman–Crippen MR) is 139 cm³/mol. The smallest absolute Gasteiger partial charge is 0.330 e. The standard InChI is InChI=1S/C27H24F2N8O2/c1-34(2)9-3-10-35-22-14-31-26(36-15-32-19-7-4-16(13-30)12-21(19)36)33-25(22)37(27(35)38)20-8-11-39-24-18(29)6-5-17(28)23(20)24/h4-7,12,14-15,20H,3,8-11H2,1-2H3. The molecule has 2 aromatic carbocycles. The van der Waals surface area contributed by atoms with Crippen LogP contribution in [-0.4, -0.2) is 60.8 Å². The summed E-state index contributed by atoms with van der Waals surface area (Å²) in [7, 11) is 3.90. The van der Waals surface area contributed by atoms with Gasteiger partial charge in [-0.3, -0.25) is 13.7 Å². The molecule has 0 saturated heterocycles. The van der Waals surface area contributed by atoms with Gasteiger partial charge >= 0.3 is 5.69 Å². The first-order valence-electron chi connectivity index (χ1n) is 12.5. The number of rotatable bonds is 6. The van der Waals surface area contributed by atoms with Crippen LogP contribution in [0.1, 0.15) is 30.0 Å². The fraction of sp³-hybridized carbons (Fsp3) is 0.296. The van der Waals surface area contributed by atoms with Crippen molar-refractivity contribution in [2.24, 2.45) is 0 Å². The topological polar surface area (TPSA) is 107 Å². The molecule has 1 unspecified atom stereocenters. The van der Waals surface area contributed by atoms with Gasteiger partial charge in [0.2, 0.25) is 5.95 Å². The molecule has 0 fully saturated rings. The van der Waals surface area contributed by atoms with Crippen LogP contribution in [0.3, 0.4) is 0 Å². The molecule has 1 aliphatic rings. The number of imidazole rings is 2. The first-order chi connectivity index (χ1) is 18.9. The Kier molecular flexibility index (Phi) is 6.07. The van der Waals surface area contributed by atoms with Crippen molar-refractivity contribution in [3.63, 3.8) is 0 Å². The summed E-state index contributed by atoms with van der Waals surface area (Å²) in [5, 5.41) is 9.36. The van der Waals surface area contributed by atoms with Crippen LogP contribution in [0.2, 0.25) is 0 Å². The molecule has 3 aromatic heterocycles. The second-order valence-corrected chi connectivity index (χ2v) is 9.69. The maximum absolute atomic E-state index is 15.1. The van der Waals surface area contributed by atoms with Crippen molar-refractivity contribution in [1.82, 2.24) is 33.6 Å². The van der Waals surface area contributed by atoms with Gasteiger partial charge in [0.15, 0.2) is 17.2 Å². The number of hydrogen-bond acceptors (Lipinski definition) is 7. The minimum Gasteiger partial charge on any atom is -0.490 e. The molecule has 0 saturated carbocycles. The van der Waals surface area contributed by atoms with Crippen molar-refractivity contribution in [1.29, 1.82) is 5.26 Å². The normalized spacial score (nSPS) is 15.0. The Balaban J connectivity index is 1.57. The van der Waals surface area contributed by atoms with Gasteiger partial charge in [0.05, 0.1) is 47.1 Å². The number of fused-ring (bicyclic) bond motifs is 3. The number of aromatic nitrogens is 6. The van der Waals surface area contributed by atoms with E-state index in [0.29, 0.717) is 35.1 Å². The molecule has 198 valence electrons. The fourth-order valence-corrected chi connectivity index (χ4v) is 5.12. The number of benzene rings is 2. The van der Waals surface area contributed by atoms with Gasteiger partial charge in [0.25, 0.3) is 0 Å². The molecule has 0 radical (unpaired) electrons. The van der Waals surface area contributed by atoms with E-state index >= 15 is 4.39 Å². The zero-order valence-electron chi connectivity index (χ0n) is 21.3. The maximum atomic E-state index is 15.1. The van der Waals surface area contributed by atoms with E-state index in [4.69, 9.17) is 9.72 Å². The van der Waals surface area contributed by atoms with E-state index in [-0.39, 0.29) is 41.6 Å². The number of nitriles is 1. The highest BCUT2D eigenvalue weighted by Gasteiger charge is 2.33. The summed E-state index contributed by atoms with van der Waals surface area (Å²) in [6.07, 6.45) is 4.04. The third-order valence-electron chi connectivity index (χ3n) is 6.95. The summed E-state index contributed by atoms with van der Waals surface area (Å²) in [6.45, 7) is 1.25. The Bertz CT molecular complexity index is 1830. The lowest BCUT2D eigenvalue weighted by molar-refractivity contribution is 0.238. The SMILES string of the molecule is CN(C)CCCn1c(=O)n(C2CCOc3c(F)ccc(F)c32)c2nc(-n3cnc4ccc(C#N)cc43)ncc21. The lowest BCUT2D eigenvalue weighted by Gasteiger charge is -2.27. The quantitative estimate of drug-likeness (QED) is 0.331. The number of hydrogen-bond donors (Lipinski definition) is 0. The van der Waals surface area contributed by atoms with E-state index in [1.807, 2.05) is 19.0 Å². The molecular formula is C27H24F2N8O2. The van der Waals surface area contributed by atoms with E-state index in [1.165, 1.54) is 4.57 Å². The average Bonchev–Trinajstić information content (AvgIpc) is 3.48. The van der Waals surface area contributed by atoms with E-state index < -0.39 is 17.7 Å². The lowest BCUT2D eigenvalue weighted by atomic mass is 9.99. The molecule has 4 heterocycles. The van der Waals surface area contributed by atoms with Crippen molar-refractivity contribution in [3.05, 3.63) is 76.1 Å². The number of halogens is 2. The van der Waals surface area contributed by atoms with Crippen molar-refractivity contribution < 1.29 is 13.5 Å². The van der Waals surface area contributed by atoms with Gasteiger partial charge in [-0.1, -0.05) is 0 Å². The Morgan fingerprint density at radius 3 is 2.77 bits per heavy atom. The molecule has 39 heavy (non-hydrogen) atoms.